The highest BCUT2D eigenvalue weighted by molar-refractivity contribution is 5.69. The van der Waals surface area contributed by atoms with E-state index < -0.39 is 11.6 Å². The van der Waals surface area contributed by atoms with Crippen LogP contribution in [0.3, 0.4) is 0 Å². The summed E-state index contributed by atoms with van der Waals surface area (Å²) < 4.78 is 0. The lowest BCUT2D eigenvalue weighted by molar-refractivity contribution is -0.141. The van der Waals surface area contributed by atoms with Crippen molar-refractivity contribution in [3.05, 3.63) is 0 Å². The maximum atomic E-state index is 10.7. The zero-order valence-electron chi connectivity index (χ0n) is 12.3. The first kappa shape index (κ1) is 16.4. The van der Waals surface area contributed by atoms with Crippen LogP contribution in [-0.2, 0) is 4.79 Å². The lowest BCUT2D eigenvalue weighted by Gasteiger charge is -2.33. The summed E-state index contributed by atoms with van der Waals surface area (Å²) >= 11 is 0. The van der Waals surface area contributed by atoms with Crippen molar-refractivity contribution in [1.82, 2.24) is 5.32 Å². The van der Waals surface area contributed by atoms with Crippen molar-refractivity contribution in [2.24, 2.45) is 5.92 Å². The smallest absolute Gasteiger partial charge is 0.306 e. The maximum Gasteiger partial charge on any atom is 0.306 e. The fraction of sp³-hybridized carbons (Fsp3) is 0.933. The summed E-state index contributed by atoms with van der Waals surface area (Å²) in [5.74, 6) is -0.966. The van der Waals surface area contributed by atoms with Gasteiger partial charge in [0.1, 0.15) is 0 Å². The van der Waals surface area contributed by atoms with Crippen LogP contribution in [0.4, 0.5) is 0 Å². The Morgan fingerprint density at radius 2 is 1.84 bits per heavy atom. The molecule has 0 heterocycles. The van der Waals surface area contributed by atoms with Gasteiger partial charge in [-0.25, -0.2) is 0 Å². The van der Waals surface area contributed by atoms with Crippen molar-refractivity contribution in [3.8, 4) is 0 Å². The SMILES string of the molecule is CC(CCCC(C)C(=O)O)NCC1(O)CCCCC1. The number of hydrogen-bond acceptors (Lipinski definition) is 3. The normalized spacial score (nSPS) is 21.8. The van der Waals surface area contributed by atoms with Gasteiger partial charge in [0.15, 0.2) is 0 Å². The van der Waals surface area contributed by atoms with Crippen molar-refractivity contribution >= 4 is 5.97 Å². The quantitative estimate of drug-likeness (QED) is 0.634. The van der Waals surface area contributed by atoms with Crippen LogP contribution in [0.25, 0.3) is 0 Å². The summed E-state index contributed by atoms with van der Waals surface area (Å²) in [7, 11) is 0. The molecule has 112 valence electrons. The molecule has 1 fully saturated rings. The maximum absolute atomic E-state index is 10.7. The van der Waals surface area contributed by atoms with Crippen molar-refractivity contribution in [2.45, 2.75) is 76.9 Å². The summed E-state index contributed by atoms with van der Waals surface area (Å²) in [5.41, 5.74) is -0.513. The highest BCUT2D eigenvalue weighted by atomic mass is 16.4. The molecule has 2 unspecified atom stereocenters. The van der Waals surface area contributed by atoms with Gasteiger partial charge in [-0.2, -0.15) is 0 Å². The molecule has 0 amide bonds. The molecule has 0 aromatic rings. The van der Waals surface area contributed by atoms with Gasteiger partial charge in [0.25, 0.3) is 0 Å². The molecule has 4 nitrogen and oxygen atoms in total. The number of nitrogens with one attached hydrogen (secondary N) is 1. The molecule has 1 saturated carbocycles. The molecule has 0 spiro atoms. The van der Waals surface area contributed by atoms with Crippen molar-refractivity contribution in [3.63, 3.8) is 0 Å². The minimum atomic E-state index is -0.711. The number of carboxylic acids is 1. The Balaban J connectivity index is 2.13. The van der Waals surface area contributed by atoms with Gasteiger partial charge in [0.05, 0.1) is 11.5 Å². The number of carboxylic acid groups (broad SMARTS) is 1. The molecule has 19 heavy (non-hydrogen) atoms. The minimum absolute atomic E-state index is 0.255. The first-order valence-corrected chi connectivity index (χ1v) is 7.61. The van der Waals surface area contributed by atoms with Gasteiger partial charge in [0, 0.05) is 12.6 Å². The summed E-state index contributed by atoms with van der Waals surface area (Å²) in [6.45, 7) is 4.53. The molecule has 0 radical (unpaired) electrons. The first-order valence-electron chi connectivity index (χ1n) is 7.61. The minimum Gasteiger partial charge on any atom is -0.481 e. The Labute approximate surface area is 116 Å². The second-order valence-electron chi connectivity index (χ2n) is 6.24. The number of hydrogen-bond donors (Lipinski definition) is 3. The molecular weight excluding hydrogens is 242 g/mol. The highest BCUT2D eigenvalue weighted by Gasteiger charge is 2.28. The van der Waals surface area contributed by atoms with Gasteiger partial charge in [-0.05, 0) is 32.6 Å². The number of rotatable bonds is 8. The standard InChI is InChI=1S/C15H29NO3/c1-12(14(17)18)7-6-8-13(2)16-11-15(19)9-4-3-5-10-15/h12-13,16,19H,3-11H2,1-2H3,(H,17,18). The van der Waals surface area contributed by atoms with Crippen LogP contribution in [0.2, 0.25) is 0 Å². The fourth-order valence-corrected chi connectivity index (χ4v) is 2.71. The van der Waals surface area contributed by atoms with E-state index in [2.05, 4.69) is 12.2 Å². The highest BCUT2D eigenvalue weighted by Crippen LogP contribution is 2.27. The molecule has 0 aromatic carbocycles. The number of aliphatic hydroxyl groups is 1. The average molecular weight is 271 g/mol. The molecular formula is C15H29NO3. The Kier molecular flexibility index (Phi) is 6.80. The molecule has 1 aliphatic carbocycles. The van der Waals surface area contributed by atoms with Gasteiger partial charge in [-0.1, -0.05) is 32.6 Å². The van der Waals surface area contributed by atoms with E-state index in [0.717, 1.165) is 44.9 Å². The van der Waals surface area contributed by atoms with E-state index in [9.17, 15) is 9.90 Å². The molecule has 0 saturated heterocycles. The summed E-state index contributed by atoms with van der Waals surface area (Å²) in [6, 6.07) is 0.340. The topological polar surface area (TPSA) is 69.6 Å². The van der Waals surface area contributed by atoms with E-state index in [0.29, 0.717) is 12.6 Å². The molecule has 4 heteroatoms. The van der Waals surface area contributed by atoms with E-state index in [1.54, 1.807) is 6.92 Å². The van der Waals surface area contributed by atoms with Crippen LogP contribution in [0, 0.1) is 5.92 Å². The average Bonchev–Trinajstić information content (AvgIpc) is 2.37. The van der Waals surface area contributed by atoms with Gasteiger partial charge in [-0.15, -0.1) is 0 Å². The third-order valence-electron chi connectivity index (χ3n) is 4.26. The van der Waals surface area contributed by atoms with Crippen LogP contribution in [-0.4, -0.2) is 34.4 Å². The van der Waals surface area contributed by atoms with E-state index in [1.807, 2.05) is 0 Å². The number of aliphatic carboxylic acids is 1. The van der Waals surface area contributed by atoms with Crippen molar-refractivity contribution in [1.29, 1.82) is 0 Å². The molecule has 1 rings (SSSR count). The van der Waals surface area contributed by atoms with Crippen LogP contribution in [0.5, 0.6) is 0 Å². The summed E-state index contributed by atoms with van der Waals surface area (Å²) in [5, 5.41) is 22.6. The van der Waals surface area contributed by atoms with Crippen LogP contribution in [0.15, 0.2) is 0 Å². The first-order chi connectivity index (χ1) is 8.93. The summed E-state index contributed by atoms with van der Waals surface area (Å²) in [6.07, 6.45) is 7.92. The lowest BCUT2D eigenvalue weighted by atomic mass is 9.84. The van der Waals surface area contributed by atoms with E-state index in [-0.39, 0.29) is 5.92 Å². The van der Waals surface area contributed by atoms with Crippen molar-refractivity contribution in [2.75, 3.05) is 6.54 Å². The predicted molar refractivity (Wildman–Crippen MR) is 76.2 cm³/mol. The van der Waals surface area contributed by atoms with Gasteiger partial charge < -0.3 is 15.5 Å². The van der Waals surface area contributed by atoms with E-state index >= 15 is 0 Å². The van der Waals surface area contributed by atoms with Gasteiger partial charge in [-0.3, -0.25) is 4.79 Å². The molecule has 0 aliphatic heterocycles. The van der Waals surface area contributed by atoms with Crippen LogP contribution < -0.4 is 5.32 Å². The third kappa shape index (κ3) is 6.39. The predicted octanol–water partition coefficient (Wildman–Crippen LogP) is 2.55. The molecule has 0 aromatic heterocycles. The molecule has 1 aliphatic rings. The third-order valence-corrected chi connectivity index (χ3v) is 4.26. The fourth-order valence-electron chi connectivity index (χ4n) is 2.71. The zero-order valence-corrected chi connectivity index (χ0v) is 12.3. The lowest BCUT2D eigenvalue weighted by Crippen LogP contribution is -2.44. The molecule has 3 N–H and O–H groups in total. The zero-order chi connectivity index (χ0) is 14.3. The van der Waals surface area contributed by atoms with Crippen LogP contribution >= 0.6 is 0 Å². The van der Waals surface area contributed by atoms with Crippen LogP contribution in [0.1, 0.15) is 65.2 Å². The van der Waals surface area contributed by atoms with Gasteiger partial charge in [0.2, 0.25) is 0 Å². The van der Waals surface area contributed by atoms with E-state index in [1.165, 1.54) is 6.42 Å². The summed E-state index contributed by atoms with van der Waals surface area (Å²) in [4.78, 5) is 10.7. The monoisotopic (exact) mass is 271 g/mol. The van der Waals surface area contributed by atoms with Gasteiger partial charge >= 0.3 is 5.97 Å². The largest absolute Gasteiger partial charge is 0.481 e. The second kappa shape index (κ2) is 7.85. The Hall–Kier alpha value is -0.610. The Bertz CT molecular complexity index is 275. The number of carbonyl (C=O) groups is 1. The Morgan fingerprint density at radius 3 is 2.42 bits per heavy atom. The molecule has 0 bridgehead atoms. The van der Waals surface area contributed by atoms with E-state index in [4.69, 9.17) is 5.11 Å². The van der Waals surface area contributed by atoms with Crippen molar-refractivity contribution < 1.29 is 15.0 Å². The Morgan fingerprint density at radius 1 is 1.21 bits per heavy atom. The molecule has 2 atom stereocenters. The second-order valence-corrected chi connectivity index (χ2v) is 6.24.